The van der Waals surface area contributed by atoms with Crippen LogP contribution in [0.25, 0.3) is 0 Å². The Hall–Kier alpha value is -0.870. The Morgan fingerprint density at radius 1 is 1.50 bits per heavy atom. The van der Waals surface area contributed by atoms with Crippen molar-refractivity contribution in [1.82, 2.24) is 4.90 Å². The van der Waals surface area contributed by atoms with Crippen molar-refractivity contribution in [2.24, 2.45) is 11.7 Å². The van der Waals surface area contributed by atoms with Gasteiger partial charge in [0.05, 0.1) is 6.42 Å². The summed E-state index contributed by atoms with van der Waals surface area (Å²) in [5.41, 5.74) is 5.83. The van der Waals surface area contributed by atoms with E-state index in [1.54, 1.807) is 11.3 Å². The molecule has 1 aliphatic carbocycles. The first-order valence-corrected chi connectivity index (χ1v) is 7.58. The quantitative estimate of drug-likeness (QED) is 0.908. The predicted molar refractivity (Wildman–Crippen MR) is 75.6 cm³/mol. The number of nitrogens with two attached hydrogens (primary N) is 1. The highest BCUT2D eigenvalue weighted by Gasteiger charge is 2.29. The molecular weight excluding hydrogens is 244 g/mol. The van der Waals surface area contributed by atoms with Crippen LogP contribution in [0, 0.1) is 5.92 Å². The highest BCUT2D eigenvalue weighted by atomic mass is 32.1. The van der Waals surface area contributed by atoms with E-state index in [0.29, 0.717) is 24.9 Å². The number of carbonyl (C=O) groups is 1. The molecule has 0 aromatic carbocycles. The lowest BCUT2D eigenvalue weighted by Gasteiger charge is -2.37. The van der Waals surface area contributed by atoms with E-state index in [4.69, 9.17) is 5.73 Å². The SMILES string of the molecule is CN(C(=O)Cc1cccs1)C1CCCCC1CN. The van der Waals surface area contributed by atoms with Crippen molar-refractivity contribution in [3.63, 3.8) is 0 Å². The maximum Gasteiger partial charge on any atom is 0.227 e. The second-order valence-electron chi connectivity index (χ2n) is 5.11. The van der Waals surface area contributed by atoms with Crippen LogP contribution in [0.4, 0.5) is 0 Å². The molecule has 1 aliphatic rings. The Labute approximate surface area is 113 Å². The monoisotopic (exact) mass is 266 g/mol. The van der Waals surface area contributed by atoms with Crippen molar-refractivity contribution in [3.05, 3.63) is 22.4 Å². The van der Waals surface area contributed by atoms with E-state index in [1.807, 2.05) is 29.5 Å². The summed E-state index contributed by atoms with van der Waals surface area (Å²) >= 11 is 1.65. The predicted octanol–water partition coefficient (Wildman–Crippen LogP) is 2.27. The minimum atomic E-state index is 0.225. The molecule has 4 heteroatoms. The molecule has 3 nitrogen and oxygen atoms in total. The number of nitrogens with zero attached hydrogens (tertiary/aromatic N) is 1. The van der Waals surface area contributed by atoms with Crippen LogP contribution in [0.3, 0.4) is 0 Å². The number of thiophene rings is 1. The zero-order valence-electron chi connectivity index (χ0n) is 11.0. The van der Waals surface area contributed by atoms with Crippen LogP contribution in [0.5, 0.6) is 0 Å². The summed E-state index contributed by atoms with van der Waals surface area (Å²) in [7, 11) is 1.94. The van der Waals surface area contributed by atoms with Crippen molar-refractivity contribution in [1.29, 1.82) is 0 Å². The molecule has 1 fully saturated rings. The van der Waals surface area contributed by atoms with E-state index in [0.717, 1.165) is 17.7 Å². The van der Waals surface area contributed by atoms with Crippen LogP contribution in [0.15, 0.2) is 17.5 Å². The standard InChI is InChI=1S/C14H22N2OS/c1-16(13-7-3-2-5-11(13)10-15)14(17)9-12-6-4-8-18-12/h4,6,8,11,13H,2-3,5,7,9-10,15H2,1H3. The van der Waals surface area contributed by atoms with Crippen LogP contribution in [-0.2, 0) is 11.2 Å². The van der Waals surface area contributed by atoms with Crippen LogP contribution in [0.2, 0.25) is 0 Å². The van der Waals surface area contributed by atoms with Crippen molar-refractivity contribution in [2.75, 3.05) is 13.6 Å². The van der Waals surface area contributed by atoms with Gasteiger partial charge in [0.2, 0.25) is 5.91 Å². The smallest absolute Gasteiger partial charge is 0.227 e. The molecule has 1 aromatic rings. The number of hydrogen-bond donors (Lipinski definition) is 1. The molecule has 2 atom stereocenters. The van der Waals surface area contributed by atoms with Crippen LogP contribution < -0.4 is 5.73 Å². The largest absolute Gasteiger partial charge is 0.342 e. The topological polar surface area (TPSA) is 46.3 Å². The molecule has 1 amide bonds. The lowest BCUT2D eigenvalue weighted by Crippen LogP contribution is -2.46. The normalized spacial score (nSPS) is 23.9. The fraction of sp³-hybridized carbons (Fsp3) is 0.643. The van der Waals surface area contributed by atoms with E-state index >= 15 is 0 Å². The molecule has 0 saturated heterocycles. The van der Waals surface area contributed by atoms with Gasteiger partial charge in [0.1, 0.15) is 0 Å². The summed E-state index contributed by atoms with van der Waals surface area (Å²) in [6, 6.07) is 4.37. The Bertz CT molecular complexity index is 377. The Kier molecular flexibility index (Phi) is 4.78. The highest BCUT2D eigenvalue weighted by Crippen LogP contribution is 2.27. The van der Waals surface area contributed by atoms with Crippen molar-refractivity contribution in [2.45, 2.75) is 38.1 Å². The molecule has 0 radical (unpaired) electrons. The second-order valence-corrected chi connectivity index (χ2v) is 6.14. The van der Waals surface area contributed by atoms with E-state index in [-0.39, 0.29) is 5.91 Å². The lowest BCUT2D eigenvalue weighted by atomic mass is 9.83. The summed E-state index contributed by atoms with van der Waals surface area (Å²) in [4.78, 5) is 15.3. The average Bonchev–Trinajstić information content (AvgIpc) is 2.90. The third-order valence-electron chi connectivity index (χ3n) is 3.97. The van der Waals surface area contributed by atoms with Crippen LogP contribution in [0.1, 0.15) is 30.6 Å². The summed E-state index contributed by atoms with van der Waals surface area (Å²) in [5.74, 6) is 0.707. The van der Waals surface area contributed by atoms with Gasteiger partial charge in [0, 0.05) is 18.0 Å². The molecular formula is C14H22N2OS. The van der Waals surface area contributed by atoms with Crippen molar-refractivity contribution in [3.8, 4) is 0 Å². The van der Waals surface area contributed by atoms with Gasteiger partial charge in [-0.25, -0.2) is 0 Å². The summed E-state index contributed by atoms with van der Waals surface area (Å²) in [5, 5.41) is 2.02. The fourth-order valence-corrected chi connectivity index (χ4v) is 3.54. The minimum Gasteiger partial charge on any atom is -0.342 e. The van der Waals surface area contributed by atoms with Gasteiger partial charge in [-0.2, -0.15) is 0 Å². The zero-order chi connectivity index (χ0) is 13.0. The Morgan fingerprint density at radius 2 is 2.28 bits per heavy atom. The molecule has 2 rings (SSSR count). The zero-order valence-corrected chi connectivity index (χ0v) is 11.8. The van der Waals surface area contributed by atoms with Gasteiger partial charge < -0.3 is 10.6 Å². The first-order valence-electron chi connectivity index (χ1n) is 6.70. The van der Waals surface area contributed by atoms with Crippen molar-refractivity contribution >= 4 is 17.2 Å². The van der Waals surface area contributed by atoms with E-state index in [2.05, 4.69) is 0 Å². The Balaban J connectivity index is 1.96. The minimum absolute atomic E-state index is 0.225. The van der Waals surface area contributed by atoms with Gasteiger partial charge in [-0.1, -0.05) is 18.9 Å². The maximum atomic E-state index is 12.3. The molecule has 1 aromatic heterocycles. The fourth-order valence-electron chi connectivity index (χ4n) is 2.84. The van der Waals surface area contributed by atoms with Gasteiger partial charge in [-0.3, -0.25) is 4.79 Å². The molecule has 1 saturated carbocycles. The third kappa shape index (κ3) is 3.12. The molecule has 18 heavy (non-hydrogen) atoms. The summed E-state index contributed by atoms with van der Waals surface area (Å²) in [6.45, 7) is 0.696. The first kappa shape index (κ1) is 13.6. The van der Waals surface area contributed by atoms with Crippen LogP contribution in [-0.4, -0.2) is 30.4 Å². The molecule has 2 unspecified atom stereocenters. The van der Waals surface area contributed by atoms with Crippen molar-refractivity contribution < 1.29 is 4.79 Å². The summed E-state index contributed by atoms with van der Waals surface area (Å²) in [6.07, 6.45) is 5.28. The third-order valence-corrected chi connectivity index (χ3v) is 4.84. The molecule has 0 aliphatic heterocycles. The van der Waals surface area contributed by atoms with E-state index in [1.165, 1.54) is 12.8 Å². The van der Waals surface area contributed by atoms with Gasteiger partial charge in [0.15, 0.2) is 0 Å². The number of rotatable bonds is 4. The second kappa shape index (κ2) is 6.34. The van der Waals surface area contributed by atoms with Gasteiger partial charge >= 0.3 is 0 Å². The number of amides is 1. The lowest BCUT2D eigenvalue weighted by molar-refractivity contribution is -0.132. The molecule has 0 spiro atoms. The first-order chi connectivity index (χ1) is 8.72. The van der Waals surface area contributed by atoms with E-state index < -0.39 is 0 Å². The summed E-state index contributed by atoms with van der Waals surface area (Å²) < 4.78 is 0. The number of hydrogen-bond acceptors (Lipinski definition) is 3. The molecule has 1 heterocycles. The maximum absolute atomic E-state index is 12.3. The Morgan fingerprint density at radius 3 is 2.94 bits per heavy atom. The average molecular weight is 266 g/mol. The van der Waals surface area contributed by atoms with Gasteiger partial charge in [-0.05, 0) is 36.8 Å². The van der Waals surface area contributed by atoms with Gasteiger partial charge in [0.25, 0.3) is 0 Å². The van der Waals surface area contributed by atoms with E-state index in [9.17, 15) is 4.79 Å². The molecule has 100 valence electrons. The van der Waals surface area contributed by atoms with Crippen LogP contribution >= 0.6 is 11.3 Å². The number of likely N-dealkylation sites (N-methyl/N-ethyl adjacent to an activating group) is 1. The molecule has 0 bridgehead atoms. The number of carbonyl (C=O) groups excluding carboxylic acids is 1. The highest BCUT2D eigenvalue weighted by molar-refractivity contribution is 7.10. The van der Waals surface area contributed by atoms with Gasteiger partial charge in [-0.15, -0.1) is 11.3 Å². The molecule has 2 N–H and O–H groups in total.